The molecule has 0 aliphatic heterocycles. The highest BCUT2D eigenvalue weighted by atomic mass is 35.5. The first-order valence-electron chi connectivity index (χ1n) is 7.78. The van der Waals surface area contributed by atoms with E-state index in [1.165, 1.54) is 6.07 Å². The number of halogens is 2. The van der Waals surface area contributed by atoms with Gasteiger partial charge in [-0.15, -0.1) is 0 Å². The van der Waals surface area contributed by atoms with Gasteiger partial charge < -0.3 is 14.6 Å². The minimum atomic E-state index is -0.448. The van der Waals surface area contributed by atoms with Gasteiger partial charge in [-0.3, -0.25) is 0 Å². The fourth-order valence-corrected chi connectivity index (χ4v) is 2.72. The molecule has 0 atom stereocenters. The predicted molar refractivity (Wildman–Crippen MR) is 96.1 cm³/mol. The van der Waals surface area contributed by atoms with Crippen LogP contribution in [0.15, 0.2) is 40.8 Å². The summed E-state index contributed by atoms with van der Waals surface area (Å²) in [5, 5.41) is 3.63. The molecule has 0 saturated carbocycles. The monoisotopic (exact) mass is 347 g/mol. The van der Waals surface area contributed by atoms with Crippen LogP contribution in [-0.2, 0) is 0 Å². The Hall–Kier alpha value is -2.11. The van der Waals surface area contributed by atoms with Gasteiger partial charge in [0.2, 0.25) is 5.89 Å². The third kappa shape index (κ3) is 3.68. The number of hydrogen-bond acceptors (Lipinski definition) is 4. The molecule has 0 unspecified atom stereocenters. The van der Waals surface area contributed by atoms with Crippen molar-refractivity contribution in [3.05, 3.63) is 47.2 Å². The number of benzene rings is 2. The molecule has 0 spiro atoms. The van der Waals surface area contributed by atoms with Gasteiger partial charge in [-0.2, -0.15) is 0 Å². The van der Waals surface area contributed by atoms with E-state index in [-0.39, 0.29) is 16.5 Å². The second kappa shape index (κ2) is 7.20. The van der Waals surface area contributed by atoms with E-state index in [2.05, 4.69) is 29.3 Å². The van der Waals surface area contributed by atoms with Crippen LogP contribution >= 0.6 is 11.6 Å². The van der Waals surface area contributed by atoms with Crippen molar-refractivity contribution in [3.8, 4) is 11.5 Å². The first-order valence-corrected chi connectivity index (χ1v) is 8.16. The quantitative estimate of drug-likeness (QED) is 0.659. The Morgan fingerprint density at radius 2 is 2.08 bits per heavy atom. The summed E-state index contributed by atoms with van der Waals surface area (Å²) >= 11 is 6.08. The number of anilines is 1. The number of oxazole rings is 1. The number of hydrogen-bond donors (Lipinski definition) is 1. The number of nitrogens with one attached hydrogen (secondary N) is 1. The number of fused-ring (bicyclic) bond motifs is 1. The topological polar surface area (TPSA) is 41.3 Å². The molecule has 3 aromatic rings. The summed E-state index contributed by atoms with van der Waals surface area (Å²) in [6, 6.07) is 10.2. The van der Waals surface area contributed by atoms with Crippen LogP contribution in [0.2, 0.25) is 5.02 Å². The molecule has 0 radical (unpaired) electrons. The van der Waals surface area contributed by atoms with E-state index < -0.39 is 5.82 Å². The van der Waals surface area contributed by atoms with E-state index in [9.17, 15) is 4.39 Å². The first-order chi connectivity index (χ1) is 11.5. The maximum atomic E-state index is 14.0. The number of nitrogens with zero attached hydrogens (tertiary/aromatic N) is 2. The van der Waals surface area contributed by atoms with Gasteiger partial charge in [-0.25, -0.2) is 9.37 Å². The molecule has 1 aromatic heterocycles. The van der Waals surface area contributed by atoms with Crippen LogP contribution in [-0.4, -0.2) is 37.1 Å². The smallest absolute Gasteiger partial charge is 0.231 e. The van der Waals surface area contributed by atoms with E-state index in [1.54, 1.807) is 12.1 Å². The van der Waals surface area contributed by atoms with Crippen LogP contribution < -0.4 is 5.32 Å². The maximum Gasteiger partial charge on any atom is 0.231 e. The SMILES string of the molecule is CN(C)CCCNc1ccc2nc(-c3c(F)cccc3Cl)oc2c1. The highest BCUT2D eigenvalue weighted by Crippen LogP contribution is 2.32. The van der Waals surface area contributed by atoms with Gasteiger partial charge in [0.25, 0.3) is 0 Å². The molecule has 4 nitrogen and oxygen atoms in total. The lowest BCUT2D eigenvalue weighted by Gasteiger charge is -2.10. The Morgan fingerprint density at radius 1 is 1.25 bits per heavy atom. The Kier molecular flexibility index (Phi) is 5.02. The van der Waals surface area contributed by atoms with Gasteiger partial charge in [0.05, 0.1) is 10.6 Å². The molecular formula is C18H19ClFN3O. The summed E-state index contributed by atoms with van der Waals surface area (Å²) in [6.07, 6.45) is 1.04. The molecule has 0 aliphatic carbocycles. The normalized spacial score (nSPS) is 11.4. The van der Waals surface area contributed by atoms with Gasteiger partial charge in [0.1, 0.15) is 11.3 Å². The van der Waals surface area contributed by atoms with Crippen molar-refractivity contribution >= 4 is 28.4 Å². The average molecular weight is 348 g/mol. The molecule has 0 fully saturated rings. The molecule has 0 aliphatic rings. The fourth-order valence-electron chi connectivity index (χ4n) is 2.47. The van der Waals surface area contributed by atoms with Crippen LogP contribution in [0.25, 0.3) is 22.6 Å². The zero-order valence-corrected chi connectivity index (χ0v) is 14.4. The molecule has 0 amide bonds. The van der Waals surface area contributed by atoms with Gasteiger partial charge in [-0.1, -0.05) is 17.7 Å². The lowest BCUT2D eigenvalue weighted by molar-refractivity contribution is 0.405. The van der Waals surface area contributed by atoms with Crippen LogP contribution in [0, 0.1) is 5.82 Å². The second-order valence-electron chi connectivity index (χ2n) is 5.88. The third-order valence-electron chi connectivity index (χ3n) is 3.68. The molecule has 3 rings (SSSR count). The van der Waals surface area contributed by atoms with Crippen LogP contribution in [0.4, 0.5) is 10.1 Å². The van der Waals surface area contributed by atoms with E-state index in [0.29, 0.717) is 11.1 Å². The Balaban J connectivity index is 1.82. The zero-order valence-electron chi connectivity index (χ0n) is 13.6. The van der Waals surface area contributed by atoms with E-state index in [4.69, 9.17) is 16.0 Å². The van der Waals surface area contributed by atoms with E-state index in [1.807, 2.05) is 18.2 Å². The molecular weight excluding hydrogens is 329 g/mol. The number of rotatable bonds is 6. The Labute approximate surface area is 145 Å². The van der Waals surface area contributed by atoms with Crippen molar-refractivity contribution in [1.29, 1.82) is 0 Å². The Morgan fingerprint density at radius 3 is 2.83 bits per heavy atom. The molecule has 0 saturated heterocycles. The van der Waals surface area contributed by atoms with Crippen molar-refractivity contribution in [1.82, 2.24) is 9.88 Å². The van der Waals surface area contributed by atoms with Crippen molar-refractivity contribution < 1.29 is 8.81 Å². The van der Waals surface area contributed by atoms with Crippen molar-refractivity contribution in [3.63, 3.8) is 0 Å². The minimum absolute atomic E-state index is 0.191. The molecule has 126 valence electrons. The van der Waals surface area contributed by atoms with E-state index >= 15 is 0 Å². The minimum Gasteiger partial charge on any atom is -0.436 e. The van der Waals surface area contributed by atoms with Gasteiger partial charge >= 0.3 is 0 Å². The molecule has 24 heavy (non-hydrogen) atoms. The van der Waals surface area contributed by atoms with Gasteiger partial charge in [0.15, 0.2) is 5.58 Å². The highest BCUT2D eigenvalue weighted by molar-refractivity contribution is 6.33. The average Bonchev–Trinajstić information content (AvgIpc) is 2.94. The zero-order chi connectivity index (χ0) is 17.1. The van der Waals surface area contributed by atoms with Crippen molar-refractivity contribution in [2.45, 2.75) is 6.42 Å². The van der Waals surface area contributed by atoms with Crippen LogP contribution in [0.1, 0.15) is 6.42 Å². The second-order valence-corrected chi connectivity index (χ2v) is 6.29. The molecule has 1 N–H and O–H groups in total. The molecule has 6 heteroatoms. The lowest BCUT2D eigenvalue weighted by Crippen LogP contribution is -2.16. The van der Waals surface area contributed by atoms with Gasteiger partial charge in [-0.05, 0) is 51.3 Å². The summed E-state index contributed by atoms with van der Waals surface area (Å²) < 4.78 is 19.7. The van der Waals surface area contributed by atoms with Crippen LogP contribution in [0.5, 0.6) is 0 Å². The lowest BCUT2D eigenvalue weighted by atomic mass is 10.2. The van der Waals surface area contributed by atoms with E-state index in [0.717, 1.165) is 25.2 Å². The third-order valence-corrected chi connectivity index (χ3v) is 3.99. The molecule has 2 aromatic carbocycles. The largest absolute Gasteiger partial charge is 0.436 e. The maximum absolute atomic E-state index is 14.0. The van der Waals surface area contributed by atoms with Crippen molar-refractivity contribution in [2.75, 3.05) is 32.5 Å². The fraction of sp³-hybridized carbons (Fsp3) is 0.278. The summed E-state index contributed by atoms with van der Waals surface area (Å²) in [5.41, 5.74) is 2.41. The standard InChI is InChI=1S/C18H19ClFN3O/c1-23(2)10-4-9-21-12-7-8-15-16(11-12)24-18(22-15)17-13(19)5-3-6-14(17)20/h3,5-8,11,21H,4,9-10H2,1-2H3. The summed E-state index contributed by atoms with van der Waals surface area (Å²) in [7, 11) is 4.10. The Bertz CT molecular complexity index is 827. The summed E-state index contributed by atoms with van der Waals surface area (Å²) in [5.74, 6) is -0.256. The number of aromatic nitrogens is 1. The highest BCUT2D eigenvalue weighted by Gasteiger charge is 2.16. The van der Waals surface area contributed by atoms with Gasteiger partial charge in [0, 0.05) is 18.3 Å². The molecule has 0 bridgehead atoms. The molecule has 1 heterocycles. The van der Waals surface area contributed by atoms with Crippen LogP contribution in [0.3, 0.4) is 0 Å². The van der Waals surface area contributed by atoms with Crippen molar-refractivity contribution in [2.24, 2.45) is 0 Å². The summed E-state index contributed by atoms with van der Waals surface area (Å²) in [4.78, 5) is 6.48. The predicted octanol–water partition coefficient (Wildman–Crippen LogP) is 4.65. The summed E-state index contributed by atoms with van der Waals surface area (Å²) in [6.45, 7) is 1.89. The first kappa shape index (κ1) is 16.7.